The van der Waals surface area contributed by atoms with Crippen LogP contribution in [0.4, 0.5) is 10.8 Å². The molecule has 1 N–H and O–H groups in total. The van der Waals surface area contributed by atoms with E-state index in [-0.39, 0.29) is 22.0 Å². The van der Waals surface area contributed by atoms with Crippen LogP contribution in [0.25, 0.3) is 0 Å². The number of para-hydroxylation sites is 1. The van der Waals surface area contributed by atoms with E-state index in [2.05, 4.69) is 16.9 Å². The van der Waals surface area contributed by atoms with Crippen LogP contribution in [0.15, 0.2) is 77.7 Å². The minimum absolute atomic E-state index is 0.0239. The maximum atomic E-state index is 13.3. The molecule has 28 heavy (non-hydrogen) atoms. The summed E-state index contributed by atoms with van der Waals surface area (Å²) in [5.41, 5.74) is 0.626. The van der Waals surface area contributed by atoms with Gasteiger partial charge in [0.05, 0.1) is 17.3 Å². The number of anilines is 2. The van der Waals surface area contributed by atoms with E-state index in [1.807, 2.05) is 0 Å². The molecule has 9 heteroatoms. The molecule has 1 aromatic heterocycles. The topological polar surface area (TPSA) is 79.4 Å². The molecule has 1 heterocycles. The van der Waals surface area contributed by atoms with E-state index in [0.29, 0.717) is 10.8 Å². The van der Waals surface area contributed by atoms with E-state index < -0.39 is 15.9 Å². The highest BCUT2D eigenvalue weighted by atomic mass is 35.5. The van der Waals surface area contributed by atoms with Gasteiger partial charge in [0.1, 0.15) is 4.90 Å². The number of hydrogen-bond donors (Lipinski definition) is 1. The number of sulfonamides is 1. The van der Waals surface area contributed by atoms with Crippen molar-refractivity contribution in [3.63, 3.8) is 0 Å². The number of amides is 1. The van der Waals surface area contributed by atoms with Crippen LogP contribution in [0, 0.1) is 0 Å². The summed E-state index contributed by atoms with van der Waals surface area (Å²) in [7, 11) is -4.03. The van der Waals surface area contributed by atoms with Crippen molar-refractivity contribution in [2.24, 2.45) is 0 Å². The molecule has 0 saturated heterocycles. The number of aromatic nitrogens is 1. The van der Waals surface area contributed by atoms with Gasteiger partial charge in [-0.15, -0.1) is 17.9 Å². The van der Waals surface area contributed by atoms with Crippen molar-refractivity contribution >= 4 is 49.7 Å². The van der Waals surface area contributed by atoms with Gasteiger partial charge in [0.25, 0.3) is 15.9 Å². The predicted octanol–water partition coefficient (Wildman–Crippen LogP) is 4.43. The molecule has 0 fully saturated rings. The Balaban J connectivity index is 2.00. The highest BCUT2D eigenvalue weighted by molar-refractivity contribution is 7.93. The van der Waals surface area contributed by atoms with Gasteiger partial charge in [-0.1, -0.05) is 35.9 Å². The van der Waals surface area contributed by atoms with Gasteiger partial charge in [-0.3, -0.25) is 14.4 Å². The molecule has 0 atom stereocenters. The molecule has 3 aromatic rings. The summed E-state index contributed by atoms with van der Waals surface area (Å²) in [6.07, 6.45) is 3.04. The zero-order chi connectivity index (χ0) is 20.1. The van der Waals surface area contributed by atoms with E-state index in [1.54, 1.807) is 41.9 Å². The Morgan fingerprint density at radius 1 is 1.25 bits per heavy atom. The zero-order valence-electron chi connectivity index (χ0n) is 14.6. The third kappa shape index (κ3) is 4.24. The van der Waals surface area contributed by atoms with Crippen LogP contribution in [0.2, 0.25) is 5.02 Å². The highest BCUT2D eigenvalue weighted by Gasteiger charge is 2.27. The Hall–Kier alpha value is -2.68. The van der Waals surface area contributed by atoms with Crippen LogP contribution in [0.1, 0.15) is 10.4 Å². The lowest BCUT2D eigenvalue weighted by Gasteiger charge is -2.24. The number of benzene rings is 2. The van der Waals surface area contributed by atoms with Gasteiger partial charge in [0.2, 0.25) is 0 Å². The van der Waals surface area contributed by atoms with Crippen molar-refractivity contribution in [1.82, 2.24) is 4.98 Å². The average molecular weight is 434 g/mol. The second kappa shape index (κ2) is 8.55. The fraction of sp³-hybridized carbons (Fsp3) is 0.0526. The third-order valence-electron chi connectivity index (χ3n) is 3.75. The van der Waals surface area contributed by atoms with Crippen LogP contribution < -0.4 is 9.62 Å². The molecule has 0 aliphatic rings. The van der Waals surface area contributed by atoms with Crippen molar-refractivity contribution in [1.29, 1.82) is 0 Å². The molecule has 1 amide bonds. The number of nitrogens with zero attached hydrogens (tertiary/aromatic N) is 2. The lowest BCUT2D eigenvalue weighted by molar-refractivity contribution is 0.102. The summed E-state index contributed by atoms with van der Waals surface area (Å²) in [6, 6.07) is 12.7. The summed E-state index contributed by atoms with van der Waals surface area (Å²) < 4.78 is 27.8. The van der Waals surface area contributed by atoms with Crippen LogP contribution >= 0.6 is 22.9 Å². The van der Waals surface area contributed by atoms with Gasteiger partial charge in [0.15, 0.2) is 5.13 Å². The fourth-order valence-corrected chi connectivity index (χ4v) is 4.93. The van der Waals surface area contributed by atoms with Crippen LogP contribution in [-0.2, 0) is 10.0 Å². The first-order chi connectivity index (χ1) is 13.4. The SMILES string of the molecule is C=CCN(c1ccccc1)S(=O)(=O)c1cc(C(=O)Nc2nccs2)ccc1Cl. The smallest absolute Gasteiger partial charge is 0.266 e. The molecular formula is C19H16ClN3O3S2. The van der Waals surface area contributed by atoms with Gasteiger partial charge < -0.3 is 0 Å². The van der Waals surface area contributed by atoms with Gasteiger partial charge >= 0.3 is 0 Å². The van der Waals surface area contributed by atoms with Crippen molar-refractivity contribution < 1.29 is 13.2 Å². The summed E-state index contributed by atoms with van der Waals surface area (Å²) >= 11 is 7.45. The van der Waals surface area contributed by atoms with Crippen molar-refractivity contribution in [3.05, 3.63) is 83.3 Å². The minimum atomic E-state index is -4.03. The fourth-order valence-electron chi connectivity index (χ4n) is 2.47. The lowest BCUT2D eigenvalue weighted by atomic mass is 10.2. The van der Waals surface area contributed by atoms with Crippen LogP contribution in [-0.4, -0.2) is 25.9 Å². The standard InChI is InChI=1S/C19H16ClN3O3S2/c1-2-11-23(15-6-4-3-5-7-15)28(25,26)17-13-14(8-9-16(17)20)18(24)22-19-21-10-12-27-19/h2-10,12-13H,1,11H2,(H,21,22,24). The summed E-state index contributed by atoms with van der Waals surface area (Å²) in [5.74, 6) is -0.474. The number of carbonyl (C=O) groups excluding carboxylic acids is 1. The van der Waals surface area contributed by atoms with Gasteiger partial charge in [-0.25, -0.2) is 13.4 Å². The molecule has 144 valence electrons. The van der Waals surface area contributed by atoms with E-state index in [1.165, 1.54) is 39.9 Å². The monoisotopic (exact) mass is 433 g/mol. The molecule has 3 rings (SSSR count). The second-order valence-corrected chi connectivity index (χ2v) is 8.73. The maximum Gasteiger partial charge on any atom is 0.266 e. The number of rotatable bonds is 7. The summed E-state index contributed by atoms with van der Waals surface area (Å²) in [6.45, 7) is 3.69. The van der Waals surface area contributed by atoms with Crippen LogP contribution in [0.5, 0.6) is 0 Å². The molecule has 0 aliphatic carbocycles. The zero-order valence-corrected chi connectivity index (χ0v) is 17.0. The third-order valence-corrected chi connectivity index (χ3v) is 6.72. The lowest BCUT2D eigenvalue weighted by Crippen LogP contribution is -2.31. The number of thiazole rings is 1. The number of carbonyl (C=O) groups is 1. The molecule has 0 spiro atoms. The van der Waals surface area contributed by atoms with Crippen molar-refractivity contribution in [2.75, 3.05) is 16.2 Å². The first-order valence-electron chi connectivity index (χ1n) is 8.12. The molecule has 2 aromatic carbocycles. The largest absolute Gasteiger partial charge is 0.298 e. The summed E-state index contributed by atoms with van der Waals surface area (Å²) in [4.78, 5) is 16.3. The highest BCUT2D eigenvalue weighted by Crippen LogP contribution is 2.29. The number of nitrogens with one attached hydrogen (secondary N) is 1. The van der Waals surface area contributed by atoms with E-state index >= 15 is 0 Å². The molecular weight excluding hydrogens is 418 g/mol. The maximum absolute atomic E-state index is 13.3. The Bertz CT molecular complexity index is 1080. The van der Waals surface area contributed by atoms with Gasteiger partial charge in [-0.2, -0.15) is 0 Å². The molecule has 0 unspecified atom stereocenters. The minimum Gasteiger partial charge on any atom is -0.298 e. The molecule has 0 aliphatic heterocycles. The number of hydrogen-bond acceptors (Lipinski definition) is 5. The van der Waals surface area contributed by atoms with E-state index in [4.69, 9.17) is 11.6 Å². The van der Waals surface area contributed by atoms with E-state index in [0.717, 1.165) is 0 Å². The Morgan fingerprint density at radius 3 is 2.64 bits per heavy atom. The van der Waals surface area contributed by atoms with Crippen LogP contribution in [0.3, 0.4) is 0 Å². The molecule has 0 radical (unpaired) electrons. The predicted molar refractivity (Wildman–Crippen MR) is 113 cm³/mol. The normalized spacial score (nSPS) is 11.0. The molecule has 0 saturated carbocycles. The van der Waals surface area contributed by atoms with Gasteiger partial charge in [0, 0.05) is 17.1 Å². The summed E-state index contributed by atoms with van der Waals surface area (Å²) in [5, 5.41) is 4.79. The molecule has 0 bridgehead atoms. The first kappa shape index (κ1) is 20.1. The first-order valence-corrected chi connectivity index (χ1v) is 10.8. The van der Waals surface area contributed by atoms with Gasteiger partial charge in [-0.05, 0) is 30.3 Å². The Kier molecular flexibility index (Phi) is 6.13. The van der Waals surface area contributed by atoms with Crippen molar-refractivity contribution in [2.45, 2.75) is 4.90 Å². The number of halogens is 1. The quantitative estimate of drug-likeness (QED) is 0.559. The Labute approximate surface area is 172 Å². The van der Waals surface area contributed by atoms with Crippen molar-refractivity contribution in [3.8, 4) is 0 Å². The second-order valence-electron chi connectivity index (χ2n) is 5.60. The average Bonchev–Trinajstić information content (AvgIpc) is 3.19. The van der Waals surface area contributed by atoms with E-state index in [9.17, 15) is 13.2 Å². The molecule has 6 nitrogen and oxygen atoms in total. The Morgan fingerprint density at radius 2 is 2.00 bits per heavy atom.